The lowest BCUT2D eigenvalue weighted by Crippen LogP contribution is -2.32. The summed E-state index contributed by atoms with van der Waals surface area (Å²) in [4.78, 5) is 12.7. The summed E-state index contributed by atoms with van der Waals surface area (Å²) in [6, 6.07) is 23.5. The Kier molecular flexibility index (Phi) is 7.73. The number of anilines is 1. The molecule has 0 unspecified atom stereocenters. The summed E-state index contributed by atoms with van der Waals surface area (Å²) in [5, 5.41) is 6.26. The van der Waals surface area contributed by atoms with Gasteiger partial charge in [-0.3, -0.25) is 10.1 Å². The van der Waals surface area contributed by atoms with E-state index in [1.807, 2.05) is 54.6 Å². The van der Waals surface area contributed by atoms with E-state index in [2.05, 4.69) is 29.2 Å². The molecule has 3 aromatic rings. The number of benzene rings is 3. The standard InChI is InChI=1S/C25H26F2N2O2/c1-17(2)21-10-6-7-11-22(21)29-23(30)16-28-24(18-8-4-3-5-9-18)19-12-14-20(15-13-19)31-25(26)27/h3-15,17,24-25,28H,16H2,1-2H3,(H,29,30)/t24-/m1/s1. The van der Waals surface area contributed by atoms with Gasteiger partial charge in [-0.05, 0) is 40.8 Å². The van der Waals surface area contributed by atoms with Crippen molar-refractivity contribution in [3.63, 3.8) is 0 Å². The monoisotopic (exact) mass is 424 g/mol. The minimum absolute atomic E-state index is 0.0846. The number of amides is 1. The highest BCUT2D eigenvalue weighted by Gasteiger charge is 2.16. The highest BCUT2D eigenvalue weighted by atomic mass is 19.3. The number of halogens is 2. The molecule has 0 radical (unpaired) electrons. The fourth-order valence-corrected chi connectivity index (χ4v) is 3.42. The highest BCUT2D eigenvalue weighted by molar-refractivity contribution is 5.93. The molecule has 4 nitrogen and oxygen atoms in total. The van der Waals surface area contributed by atoms with Crippen LogP contribution in [-0.4, -0.2) is 19.1 Å². The van der Waals surface area contributed by atoms with E-state index < -0.39 is 6.61 Å². The first kappa shape index (κ1) is 22.4. The van der Waals surface area contributed by atoms with E-state index >= 15 is 0 Å². The smallest absolute Gasteiger partial charge is 0.387 e. The predicted molar refractivity (Wildman–Crippen MR) is 119 cm³/mol. The van der Waals surface area contributed by atoms with E-state index in [0.717, 1.165) is 22.4 Å². The van der Waals surface area contributed by atoms with Crippen molar-refractivity contribution in [3.8, 4) is 5.75 Å². The van der Waals surface area contributed by atoms with E-state index in [1.165, 1.54) is 12.1 Å². The van der Waals surface area contributed by atoms with Crippen molar-refractivity contribution >= 4 is 11.6 Å². The largest absolute Gasteiger partial charge is 0.435 e. The number of alkyl halides is 2. The average Bonchev–Trinajstić information content (AvgIpc) is 2.75. The van der Waals surface area contributed by atoms with Crippen LogP contribution in [0.5, 0.6) is 5.75 Å². The van der Waals surface area contributed by atoms with Crippen LogP contribution in [0.15, 0.2) is 78.9 Å². The topological polar surface area (TPSA) is 50.4 Å². The second-order valence-electron chi connectivity index (χ2n) is 7.46. The van der Waals surface area contributed by atoms with Crippen molar-refractivity contribution in [1.82, 2.24) is 5.32 Å². The van der Waals surface area contributed by atoms with Gasteiger partial charge in [0.2, 0.25) is 5.91 Å². The van der Waals surface area contributed by atoms with Crippen LogP contribution < -0.4 is 15.4 Å². The van der Waals surface area contributed by atoms with Gasteiger partial charge in [0.1, 0.15) is 5.75 Å². The first-order chi connectivity index (χ1) is 14.9. The second-order valence-corrected chi connectivity index (χ2v) is 7.46. The third-order valence-electron chi connectivity index (χ3n) is 4.90. The summed E-state index contributed by atoms with van der Waals surface area (Å²) in [6.45, 7) is 1.37. The maximum atomic E-state index is 12.7. The zero-order valence-corrected chi connectivity index (χ0v) is 17.5. The lowest BCUT2D eigenvalue weighted by atomic mass is 9.98. The summed E-state index contributed by atoms with van der Waals surface area (Å²) in [5.74, 6) is 0.218. The molecule has 0 saturated heterocycles. The fraction of sp³-hybridized carbons (Fsp3) is 0.240. The number of hydrogen-bond donors (Lipinski definition) is 2. The highest BCUT2D eigenvalue weighted by Crippen LogP contribution is 2.26. The van der Waals surface area contributed by atoms with Crippen molar-refractivity contribution in [3.05, 3.63) is 95.6 Å². The van der Waals surface area contributed by atoms with Gasteiger partial charge >= 0.3 is 6.61 Å². The first-order valence-electron chi connectivity index (χ1n) is 10.2. The van der Waals surface area contributed by atoms with Gasteiger partial charge < -0.3 is 10.1 Å². The Bertz CT molecular complexity index is 976. The molecule has 0 spiro atoms. The van der Waals surface area contributed by atoms with Crippen molar-refractivity contribution in [2.75, 3.05) is 11.9 Å². The number of rotatable bonds is 9. The van der Waals surface area contributed by atoms with Crippen LogP contribution in [0.25, 0.3) is 0 Å². The molecule has 31 heavy (non-hydrogen) atoms. The van der Waals surface area contributed by atoms with Crippen LogP contribution in [0.4, 0.5) is 14.5 Å². The first-order valence-corrected chi connectivity index (χ1v) is 10.2. The predicted octanol–water partition coefficient (Wildman–Crippen LogP) is 5.73. The zero-order chi connectivity index (χ0) is 22.2. The number of carbonyl (C=O) groups excluding carboxylic acids is 1. The van der Waals surface area contributed by atoms with Gasteiger partial charge in [-0.2, -0.15) is 8.78 Å². The van der Waals surface area contributed by atoms with E-state index in [4.69, 9.17) is 0 Å². The van der Waals surface area contributed by atoms with Crippen LogP contribution in [0.3, 0.4) is 0 Å². The Morgan fingerprint density at radius 2 is 1.48 bits per heavy atom. The number of ether oxygens (including phenoxy) is 1. The van der Waals surface area contributed by atoms with Crippen LogP contribution >= 0.6 is 0 Å². The lowest BCUT2D eigenvalue weighted by Gasteiger charge is -2.21. The van der Waals surface area contributed by atoms with Crippen LogP contribution in [0.2, 0.25) is 0 Å². The minimum Gasteiger partial charge on any atom is -0.435 e. The molecule has 0 aliphatic heterocycles. The third kappa shape index (κ3) is 6.36. The van der Waals surface area contributed by atoms with Gasteiger partial charge in [0.05, 0.1) is 12.6 Å². The number of carbonyl (C=O) groups is 1. The average molecular weight is 424 g/mol. The van der Waals surface area contributed by atoms with Gasteiger partial charge in [-0.15, -0.1) is 0 Å². The molecule has 0 aromatic heterocycles. The summed E-state index contributed by atoms with van der Waals surface area (Å²) >= 11 is 0. The third-order valence-corrected chi connectivity index (χ3v) is 4.90. The number of para-hydroxylation sites is 1. The van der Waals surface area contributed by atoms with Crippen molar-refractivity contribution in [2.45, 2.75) is 32.4 Å². The fourth-order valence-electron chi connectivity index (χ4n) is 3.42. The van der Waals surface area contributed by atoms with E-state index in [9.17, 15) is 13.6 Å². The molecule has 0 aliphatic rings. The van der Waals surface area contributed by atoms with Crippen LogP contribution in [0.1, 0.15) is 42.5 Å². The molecule has 0 fully saturated rings. The Balaban J connectivity index is 1.73. The van der Waals surface area contributed by atoms with Crippen LogP contribution in [-0.2, 0) is 4.79 Å². The molecule has 2 N–H and O–H groups in total. The van der Waals surface area contributed by atoms with Gasteiger partial charge in [-0.25, -0.2) is 0 Å². The summed E-state index contributed by atoms with van der Waals surface area (Å²) in [7, 11) is 0. The Hall–Kier alpha value is -3.25. The Morgan fingerprint density at radius 1 is 0.871 bits per heavy atom. The molecule has 0 aliphatic carbocycles. The SMILES string of the molecule is CC(C)c1ccccc1NC(=O)CN[C@H](c1ccccc1)c1ccc(OC(F)F)cc1. The summed E-state index contributed by atoms with van der Waals surface area (Å²) < 4.78 is 29.3. The van der Waals surface area contributed by atoms with Gasteiger partial charge in [-0.1, -0.05) is 74.5 Å². The quantitative estimate of drug-likeness (QED) is 0.461. The van der Waals surface area contributed by atoms with E-state index in [1.54, 1.807) is 12.1 Å². The van der Waals surface area contributed by atoms with Gasteiger partial charge in [0.25, 0.3) is 0 Å². The molecule has 3 aromatic carbocycles. The van der Waals surface area contributed by atoms with Gasteiger partial charge in [0, 0.05) is 5.69 Å². The number of hydrogen-bond acceptors (Lipinski definition) is 3. The maximum Gasteiger partial charge on any atom is 0.387 e. The molecule has 0 heterocycles. The number of nitrogens with one attached hydrogen (secondary N) is 2. The van der Waals surface area contributed by atoms with E-state index in [0.29, 0.717) is 0 Å². The van der Waals surface area contributed by atoms with Crippen molar-refractivity contribution in [1.29, 1.82) is 0 Å². The second kappa shape index (κ2) is 10.7. The molecule has 162 valence electrons. The molecular weight excluding hydrogens is 398 g/mol. The molecule has 0 bridgehead atoms. The Labute approximate surface area is 181 Å². The van der Waals surface area contributed by atoms with Gasteiger partial charge in [0.15, 0.2) is 0 Å². The molecule has 1 amide bonds. The molecule has 0 saturated carbocycles. The molecule has 1 atom stereocenters. The maximum absolute atomic E-state index is 12.7. The van der Waals surface area contributed by atoms with Crippen molar-refractivity contribution in [2.24, 2.45) is 0 Å². The van der Waals surface area contributed by atoms with Crippen molar-refractivity contribution < 1.29 is 18.3 Å². The molecule has 3 rings (SSSR count). The Morgan fingerprint density at radius 3 is 2.13 bits per heavy atom. The molecule has 6 heteroatoms. The normalized spacial score (nSPS) is 12.1. The molecular formula is C25H26F2N2O2. The minimum atomic E-state index is -2.87. The van der Waals surface area contributed by atoms with Crippen LogP contribution in [0, 0.1) is 0 Å². The summed E-state index contributed by atoms with van der Waals surface area (Å²) in [5.41, 5.74) is 3.67. The van der Waals surface area contributed by atoms with E-state index in [-0.39, 0.29) is 30.2 Å². The lowest BCUT2D eigenvalue weighted by molar-refractivity contribution is -0.115. The zero-order valence-electron chi connectivity index (χ0n) is 17.5. The summed E-state index contributed by atoms with van der Waals surface area (Å²) in [6.07, 6.45) is 0.